The lowest BCUT2D eigenvalue weighted by molar-refractivity contribution is -0.167. The van der Waals surface area contributed by atoms with E-state index in [4.69, 9.17) is 15.6 Å². The number of carboxylic acids is 1. The summed E-state index contributed by atoms with van der Waals surface area (Å²) < 4.78 is 4.74. The van der Waals surface area contributed by atoms with Gasteiger partial charge in [-0.1, -0.05) is 38.6 Å². The highest BCUT2D eigenvalue weighted by atomic mass is 16.6. The van der Waals surface area contributed by atoms with Crippen molar-refractivity contribution in [2.45, 2.75) is 33.2 Å². The first-order valence-electron chi connectivity index (χ1n) is 12.8. The monoisotopic (exact) mass is 533 g/mol. The van der Waals surface area contributed by atoms with Crippen LogP contribution >= 0.6 is 0 Å². The smallest absolute Gasteiger partial charge is 0.409 e. The number of carbonyl (C=O) groups is 4. The summed E-state index contributed by atoms with van der Waals surface area (Å²) in [5.41, 5.74) is 6.09. The van der Waals surface area contributed by atoms with Crippen LogP contribution in [0.1, 0.15) is 27.2 Å². The number of ether oxygens (including phenoxy) is 1. The number of nitrogens with zero attached hydrogens (tertiary/aromatic N) is 3. The van der Waals surface area contributed by atoms with Crippen LogP contribution in [0.3, 0.4) is 0 Å². The van der Waals surface area contributed by atoms with Crippen LogP contribution < -0.4 is 11.1 Å². The second kappa shape index (κ2) is 14.2. The van der Waals surface area contributed by atoms with Gasteiger partial charge in [-0.25, -0.2) is 19.3 Å². The van der Waals surface area contributed by atoms with E-state index in [1.54, 1.807) is 42.2 Å². The van der Waals surface area contributed by atoms with Crippen LogP contribution in [0.15, 0.2) is 42.7 Å². The second-order valence-corrected chi connectivity index (χ2v) is 9.04. The number of carbonyl (C=O) groups excluding carboxylic acids is 3. The number of aliphatic carboxylic acids is 1. The van der Waals surface area contributed by atoms with E-state index in [0.29, 0.717) is 50.7 Å². The van der Waals surface area contributed by atoms with Gasteiger partial charge in [0.1, 0.15) is 0 Å². The van der Waals surface area contributed by atoms with Crippen molar-refractivity contribution in [2.24, 2.45) is 23.5 Å². The summed E-state index contributed by atoms with van der Waals surface area (Å²) in [7, 11) is 0. The van der Waals surface area contributed by atoms with Gasteiger partial charge in [0.15, 0.2) is 6.04 Å². The standard InChI is InChI=1S/C17H20N4O4.C7H13NO3.C2H6/c1-10(18)20-8-11(9-20)7-13-14(16(23)24)21(15(13)22)17(25)19-12-5-3-2-4-6-12;1-2-11-7(10)8-3-6(4-8)5-9;1-2/h2-6,11,13-14H,1,7-9,18H2,(H,19,25)(H,23,24);6,9H,2-5H2,1H3;1-2H3/t13-,14?;;/m1../s1. The normalized spacial score (nSPS) is 20.3. The quantitative estimate of drug-likeness (QED) is 0.383. The Morgan fingerprint density at radius 2 is 1.66 bits per heavy atom. The first-order valence-corrected chi connectivity index (χ1v) is 12.8. The molecule has 1 unspecified atom stereocenters. The Labute approximate surface area is 223 Å². The molecule has 0 bridgehead atoms. The van der Waals surface area contributed by atoms with Gasteiger partial charge in [0.25, 0.3) is 0 Å². The maximum absolute atomic E-state index is 12.3. The Balaban J connectivity index is 0.000000327. The molecule has 2 atom stereocenters. The number of benzene rings is 1. The third-order valence-electron chi connectivity index (χ3n) is 6.40. The largest absolute Gasteiger partial charge is 0.480 e. The molecule has 3 saturated heterocycles. The fraction of sp³-hybridized carbons (Fsp3) is 0.538. The molecular weight excluding hydrogens is 494 g/mol. The Kier molecular flexibility index (Phi) is 11.4. The van der Waals surface area contributed by atoms with Crippen LogP contribution in [0.5, 0.6) is 0 Å². The molecule has 0 aliphatic carbocycles. The number of rotatable bonds is 7. The van der Waals surface area contributed by atoms with E-state index in [1.807, 2.05) is 18.7 Å². The average Bonchev–Trinajstić information content (AvgIpc) is 2.82. The first-order chi connectivity index (χ1) is 18.2. The molecular formula is C26H39N5O7. The molecule has 0 spiro atoms. The van der Waals surface area contributed by atoms with Gasteiger partial charge < -0.3 is 35.8 Å². The van der Waals surface area contributed by atoms with Crippen LogP contribution in [0, 0.1) is 17.8 Å². The van der Waals surface area contributed by atoms with Gasteiger partial charge in [-0.2, -0.15) is 0 Å². The molecule has 3 heterocycles. The molecule has 12 heteroatoms. The highest BCUT2D eigenvalue weighted by molar-refractivity contribution is 6.11. The third-order valence-corrected chi connectivity index (χ3v) is 6.40. The number of para-hydroxylation sites is 1. The van der Waals surface area contributed by atoms with Crippen molar-refractivity contribution in [3.8, 4) is 0 Å². The van der Waals surface area contributed by atoms with Gasteiger partial charge in [-0.05, 0) is 31.4 Å². The molecule has 0 saturated carbocycles. The minimum Gasteiger partial charge on any atom is -0.480 e. The average molecular weight is 534 g/mol. The van der Waals surface area contributed by atoms with Gasteiger partial charge in [0, 0.05) is 44.4 Å². The minimum atomic E-state index is -1.17. The zero-order chi connectivity index (χ0) is 28.4. The molecule has 0 radical (unpaired) electrons. The van der Waals surface area contributed by atoms with E-state index in [1.165, 1.54) is 0 Å². The lowest BCUT2D eigenvalue weighted by Gasteiger charge is -2.47. The fourth-order valence-corrected chi connectivity index (χ4v) is 4.35. The molecule has 3 aliphatic heterocycles. The highest BCUT2D eigenvalue weighted by Gasteiger charge is 2.55. The van der Waals surface area contributed by atoms with Crippen LogP contribution in [-0.4, -0.2) is 94.3 Å². The van der Waals surface area contributed by atoms with Gasteiger partial charge in [-0.3, -0.25) is 4.79 Å². The Morgan fingerprint density at radius 1 is 1.08 bits per heavy atom. The van der Waals surface area contributed by atoms with Crippen molar-refractivity contribution >= 4 is 29.7 Å². The fourth-order valence-electron chi connectivity index (χ4n) is 4.35. The zero-order valence-corrected chi connectivity index (χ0v) is 22.2. The van der Waals surface area contributed by atoms with Crippen LogP contribution in [0.2, 0.25) is 0 Å². The van der Waals surface area contributed by atoms with Crippen LogP contribution in [0.4, 0.5) is 15.3 Å². The van der Waals surface area contributed by atoms with Gasteiger partial charge in [0.2, 0.25) is 5.91 Å². The van der Waals surface area contributed by atoms with E-state index in [9.17, 15) is 24.3 Å². The number of nitrogens with two attached hydrogens (primary N) is 1. The zero-order valence-electron chi connectivity index (χ0n) is 22.2. The number of anilines is 1. The summed E-state index contributed by atoms with van der Waals surface area (Å²) in [5, 5.41) is 20.6. The number of nitrogens with one attached hydrogen (secondary N) is 1. The highest BCUT2D eigenvalue weighted by Crippen LogP contribution is 2.36. The van der Waals surface area contributed by atoms with Gasteiger partial charge >= 0.3 is 18.1 Å². The predicted molar refractivity (Wildman–Crippen MR) is 141 cm³/mol. The summed E-state index contributed by atoms with van der Waals surface area (Å²) in [6, 6.07) is 6.74. The number of urea groups is 1. The molecule has 4 amide bonds. The van der Waals surface area contributed by atoms with Crippen molar-refractivity contribution in [3.05, 3.63) is 42.7 Å². The molecule has 38 heavy (non-hydrogen) atoms. The first kappa shape index (κ1) is 30.4. The Hall–Kier alpha value is -3.80. The van der Waals surface area contributed by atoms with Gasteiger partial charge in [0.05, 0.1) is 18.3 Å². The SMILES string of the molecule is C=C(N)N1CC(C[C@H]2C(=O)N(C(=O)Nc3ccccc3)C2C(=O)O)C1.CC.CCOC(=O)N1CC(CO)C1. The number of hydrogen-bond donors (Lipinski definition) is 4. The lowest BCUT2D eigenvalue weighted by Crippen LogP contribution is -2.68. The number of amides is 4. The molecule has 1 aromatic rings. The Morgan fingerprint density at radius 3 is 2.16 bits per heavy atom. The van der Waals surface area contributed by atoms with Crippen LogP contribution in [0.25, 0.3) is 0 Å². The van der Waals surface area contributed by atoms with Crippen molar-refractivity contribution in [1.29, 1.82) is 0 Å². The topological polar surface area (TPSA) is 166 Å². The number of aliphatic hydroxyl groups excluding tert-OH is 1. The molecule has 12 nitrogen and oxygen atoms in total. The Bertz CT molecular complexity index is 977. The maximum Gasteiger partial charge on any atom is 0.409 e. The van der Waals surface area contributed by atoms with Gasteiger partial charge in [-0.15, -0.1) is 0 Å². The number of β-lactam (4-membered cyclic amide) rings is 1. The van der Waals surface area contributed by atoms with Crippen molar-refractivity contribution in [1.82, 2.24) is 14.7 Å². The van der Waals surface area contributed by atoms with E-state index in [-0.39, 0.29) is 24.5 Å². The minimum absolute atomic E-state index is 0.163. The van der Waals surface area contributed by atoms with Crippen LogP contribution in [-0.2, 0) is 14.3 Å². The van der Waals surface area contributed by atoms with E-state index >= 15 is 0 Å². The van der Waals surface area contributed by atoms with E-state index in [2.05, 4.69) is 11.9 Å². The number of hydrogen-bond acceptors (Lipinski definition) is 8. The number of imide groups is 1. The molecule has 0 aromatic heterocycles. The predicted octanol–water partition coefficient (Wildman–Crippen LogP) is 1.98. The van der Waals surface area contributed by atoms with Crippen molar-refractivity contribution in [3.63, 3.8) is 0 Å². The number of carboxylic acid groups (broad SMARTS) is 1. The van der Waals surface area contributed by atoms with E-state index in [0.717, 1.165) is 4.90 Å². The molecule has 4 rings (SSSR count). The summed E-state index contributed by atoms with van der Waals surface area (Å²) >= 11 is 0. The lowest BCUT2D eigenvalue weighted by atomic mass is 9.78. The summed E-state index contributed by atoms with van der Waals surface area (Å²) in [5.74, 6) is -1.40. The van der Waals surface area contributed by atoms with E-state index < -0.39 is 29.9 Å². The molecule has 1 aromatic carbocycles. The maximum atomic E-state index is 12.3. The molecule has 210 valence electrons. The van der Waals surface area contributed by atoms with Crippen molar-refractivity contribution in [2.75, 3.05) is 44.7 Å². The number of aliphatic hydroxyl groups is 1. The summed E-state index contributed by atoms with van der Waals surface area (Å²) in [6.07, 6.45) is 0.159. The molecule has 3 fully saturated rings. The third kappa shape index (κ3) is 7.37. The molecule has 5 N–H and O–H groups in total. The second-order valence-electron chi connectivity index (χ2n) is 9.04. The summed E-state index contributed by atoms with van der Waals surface area (Å²) in [6.45, 7) is 12.6. The summed E-state index contributed by atoms with van der Waals surface area (Å²) in [4.78, 5) is 51.3. The number of likely N-dealkylation sites (tertiary alicyclic amines) is 3. The van der Waals surface area contributed by atoms with Crippen molar-refractivity contribution < 1.29 is 34.1 Å². The molecule has 3 aliphatic rings.